The lowest BCUT2D eigenvalue weighted by Crippen LogP contribution is -2.28. The van der Waals surface area contributed by atoms with Gasteiger partial charge < -0.3 is 15.1 Å². The SMILES string of the molecule is O=C(O)CCS(=O)(=O)Nc1ccc2[nH]c(=O)c(=O)[nH]c2c1. The zero-order valence-electron chi connectivity index (χ0n) is 10.5. The molecule has 4 N–H and O–H groups in total. The van der Waals surface area contributed by atoms with Gasteiger partial charge in [0.2, 0.25) is 10.0 Å². The van der Waals surface area contributed by atoms with E-state index in [-0.39, 0.29) is 11.2 Å². The van der Waals surface area contributed by atoms with E-state index in [0.29, 0.717) is 5.52 Å². The van der Waals surface area contributed by atoms with Gasteiger partial charge in [0.1, 0.15) is 0 Å². The molecule has 9 nitrogen and oxygen atoms in total. The molecule has 0 aliphatic heterocycles. The number of hydrogen-bond acceptors (Lipinski definition) is 5. The Labute approximate surface area is 117 Å². The minimum atomic E-state index is -3.81. The van der Waals surface area contributed by atoms with E-state index in [1.165, 1.54) is 18.2 Å². The topological polar surface area (TPSA) is 149 Å². The van der Waals surface area contributed by atoms with Crippen LogP contribution >= 0.6 is 0 Å². The number of nitrogens with one attached hydrogen (secondary N) is 3. The van der Waals surface area contributed by atoms with Crippen molar-refractivity contribution in [1.29, 1.82) is 0 Å². The van der Waals surface area contributed by atoms with E-state index in [0.717, 1.165) is 0 Å². The van der Waals surface area contributed by atoms with E-state index < -0.39 is 39.3 Å². The van der Waals surface area contributed by atoms with Gasteiger partial charge in [0.15, 0.2) is 0 Å². The zero-order valence-corrected chi connectivity index (χ0v) is 11.4. The van der Waals surface area contributed by atoms with Crippen LogP contribution in [0.15, 0.2) is 27.8 Å². The summed E-state index contributed by atoms with van der Waals surface area (Å²) < 4.78 is 25.5. The molecule has 1 aromatic heterocycles. The lowest BCUT2D eigenvalue weighted by molar-refractivity contribution is -0.136. The predicted molar refractivity (Wildman–Crippen MR) is 74.9 cm³/mol. The number of sulfonamides is 1. The van der Waals surface area contributed by atoms with Crippen molar-refractivity contribution in [3.05, 3.63) is 38.9 Å². The molecular weight excluding hydrogens is 302 g/mol. The summed E-state index contributed by atoms with van der Waals surface area (Å²) in [5.74, 6) is -1.79. The lowest BCUT2D eigenvalue weighted by atomic mass is 10.3. The Morgan fingerprint density at radius 3 is 2.38 bits per heavy atom. The number of benzene rings is 1. The molecule has 21 heavy (non-hydrogen) atoms. The van der Waals surface area contributed by atoms with Gasteiger partial charge in [-0.2, -0.15) is 0 Å². The summed E-state index contributed by atoms with van der Waals surface area (Å²) in [7, 11) is -3.81. The van der Waals surface area contributed by atoms with Gasteiger partial charge in [0, 0.05) is 0 Å². The Morgan fingerprint density at radius 1 is 1.14 bits per heavy atom. The molecule has 0 amide bonds. The third kappa shape index (κ3) is 3.69. The summed E-state index contributed by atoms with van der Waals surface area (Å²) in [5.41, 5.74) is -0.924. The summed E-state index contributed by atoms with van der Waals surface area (Å²) in [6.45, 7) is 0. The first-order chi connectivity index (χ1) is 9.77. The minimum absolute atomic E-state index is 0.149. The molecule has 1 aromatic carbocycles. The van der Waals surface area contributed by atoms with Crippen LogP contribution in [0.1, 0.15) is 6.42 Å². The number of fused-ring (bicyclic) bond motifs is 1. The standard InChI is InChI=1S/C11H11N3O6S/c15-9(16)3-4-21(19,20)14-6-1-2-7-8(5-6)13-11(18)10(17)12-7/h1-2,5,14H,3-4H2,(H,12,17)(H,13,18)(H,15,16). The van der Waals surface area contributed by atoms with Crippen LogP contribution in [-0.2, 0) is 14.8 Å². The van der Waals surface area contributed by atoms with Crippen molar-refractivity contribution in [1.82, 2.24) is 9.97 Å². The van der Waals surface area contributed by atoms with Crippen LogP contribution in [0.4, 0.5) is 5.69 Å². The van der Waals surface area contributed by atoms with Crippen LogP contribution in [0.3, 0.4) is 0 Å². The van der Waals surface area contributed by atoms with Crippen LogP contribution in [0.5, 0.6) is 0 Å². The molecule has 0 bridgehead atoms. The average Bonchev–Trinajstić information content (AvgIpc) is 2.38. The van der Waals surface area contributed by atoms with Gasteiger partial charge in [-0.15, -0.1) is 0 Å². The van der Waals surface area contributed by atoms with Gasteiger partial charge in [0.25, 0.3) is 0 Å². The second-order valence-electron chi connectivity index (χ2n) is 4.23. The van der Waals surface area contributed by atoms with Gasteiger partial charge >= 0.3 is 17.1 Å². The van der Waals surface area contributed by atoms with Crippen LogP contribution in [0, 0.1) is 0 Å². The highest BCUT2D eigenvalue weighted by atomic mass is 32.2. The van der Waals surface area contributed by atoms with Gasteiger partial charge in [-0.05, 0) is 18.2 Å². The van der Waals surface area contributed by atoms with Crippen molar-refractivity contribution in [2.75, 3.05) is 10.5 Å². The van der Waals surface area contributed by atoms with E-state index in [1.54, 1.807) is 0 Å². The number of aliphatic carboxylic acids is 1. The predicted octanol–water partition coefficient (Wildman–Crippen LogP) is -0.567. The third-order valence-corrected chi connectivity index (χ3v) is 3.87. The van der Waals surface area contributed by atoms with E-state index in [1.807, 2.05) is 0 Å². The molecule has 0 saturated heterocycles. The second kappa shape index (κ2) is 5.40. The molecule has 0 radical (unpaired) electrons. The fourth-order valence-electron chi connectivity index (χ4n) is 1.63. The van der Waals surface area contributed by atoms with Crippen molar-refractivity contribution in [3.8, 4) is 0 Å². The minimum Gasteiger partial charge on any atom is -0.481 e. The number of H-pyrrole nitrogens is 2. The third-order valence-electron chi connectivity index (χ3n) is 2.58. The molecule has 0 fully saturated rings. The van der Waals surface area contributed by atoms with Crippen molar-refractivity contribution < 1.29 is 18.3 Å². The Morgan fingerprint density at radius 2 is 1.76 bits per heavy atom. The van der Waals surface area contributed by atoms with Gasteiger partial charge in [0.05, 0.1) is 28.9 Å². The molecule has 2 aromatic rings. The van der Waals surface area contributed by atoms with Crippen molar-refractivity contribution >= 4 is 32.7 Å². The Kier molecular flexibility index (Phi) is 3.80. The molecule has 112 valence electrons. The molecule has 10 heteroatoms. The normalized spacial score (nSPS) is 11.4. The van der Waals surface area contributed by atoms with Crippen molar-refractivity contribution in [2.24, 2.45) is 0 Å². The molecule has 0 unspecified atom stereocenters. The van der Waals surface area contributed by atoms with Crippen LogP contribution < -0.4 is 15.8 Å². The maximum absolute atomic E-state index is 11.7. The highest BCUT2D eigenvalue weighted by molar-refractivity contribution is 7.92. The Hall–Kier alpha value is -2.62. The monoisotopic (exact) mass is 313 g/mol. The summed E-state index contributed by atoms with van der Waals surface area (Å²) in [4.78, 5) is 37.3. The lowest BCUT2D eigenvalue weighted by Gasteiger charge is -2.07. The Bertz CT molecular complexity index is 911. The maximum atomic E-state index is 11.7. The number of hydrogen-bond donors (Lipinski definition) is 4. The van der Waals surface area contributed by atoms with E-state index in [9.17, 15) is 22.8 Å². The smallest absolute Gasteiger partial charge is 0.314 e. The molecule has 0 spiro atoms. The van der Waals surface area contributed by atoms with Gasteiger partial charge in [-0.25, -0.2) is 8.42 Å². The fraction of sp³-hybridized carbons (Fsp3) is 0.182. The zero-order chi connectivity index (χ0) is 15.6. The highest BCUT2D eigenvalue weighted by Gasteiger charge is 2.13. The van der Waals surface area contributed by atoms with E-state index >= 15 is 0 Å². The largest absolute Gasteiger partial charge is 0.481 e. The van der Waals surface area contributed by atoms with Gasteiger partial charge in [-0.1, -0.05) is 0 Å². The van der Waals surface area contributed by atoms with E-state index in [4.69, 9.17) is 5.11 Å². The fourth-order valence-corrected chi connectivity index (χ4v) is 2.66. The number of aromatic amines is 2. The number of aromatic nitrogens is 2. The summed E-state index contributed by atoms with van der Waals surface area (Å²) in [5, 5.41) is 8.48. The van der Waals surface area contributed by atoms with Crippen molar-refractivity contribution in [3.63, 3.8) is 0 Å². The van der Waals surface area contributed by atoms with Crippen LogP contribution in [0.2, 0.25) is 0 Å². The number of carbonyl (C=O) groups is 1. The van der Waals surface area contributed by atoms with Crippen molar-refractivity contribution in [2.45, 2.75) is 6.42 Å². The number of anilines is 1. The van der Waals surface area contributed by atoms with Crippen LogP contribution in [-0.4, -0.2) is 35.2 Å². The summed E-state index contributed by atoms with van der Waals surface area (Å²) in [6, 6.07) is 4.13. The molecule has 0 saturated carbocycles. The number of carboxylic acid groups (broad SMARTS) is 1. The molecule has 0 aliphatic carbocycles. The van der Waals surface area contributed by atoms with Gasteiger partial charge in [-0.3, -0.25) is 19.1 Å². The van der Waals surface area contributed by atoms with E-state index in [2.05, 4.69) is 14.7 Å². The average molecular weight is 313 g/mol. The maximum Gasteiger partial charge on any atom is 0.314 e. The molecular formula is C11H11N3O6S. The first kappa shape index (κ1) is 14.8. The second-order valence-corrected chi connectivity index (χ2v) is 6.08. The first-order valence-corrected chi connectivity index (χ1v) is 7.41. The summed E-state index contributed by atoms with van der Waals surface area (Å²) in [6.07, 6.45) is -0.521. The first-order valence-electron chi connectivity index (χ1n) is 5.75. The highest BCUT2D eigenvalue weighted by Crippen LogP contribution is 2.15. The molecule has 1 heterocycles. The number of carboxylic acids is 1. The number of rotatable bonds is 5. The van der Waals surface area contributed by atoms with Crippen LogP contribution in [0.25, 0.3) is 11.0 Å². The summed E-state index contributed by atoms with van der Waals surface area (Å²) >= 11 is 0. The molecule has 2 rings (SSSR count). The quantitative estimate of drug-likeness (QED) is 0.543. The molecule has 0 atom stereocenters. The molecule has 0 aliphatic rings. The Balaban J connectivity index is 2.31.